The molecule has 6 heteroatoms. The zero-order valence-corrected chi connectivity index (χ0v) is 8.34. The fraction of sp³-hybridized carbons (Fsp3) is 0.300. The van der Waals surface area contributed by atoms with Crippen molar-refractivity contribution in [1.82, 2.24) is 0 Å². The molecule has 0 fully saturated rings. The van der Waals surface area contributed by atoms with Crippen LogP contribution in [0.2, 0.25) is 0 Å². The number of alkyl halides is 3. The summed E-state index contributed by atoms with van der Waals surface area (Å²) in [7, 11) is 1.23. The molecule has 3 nitrogen and oxygen atoms in total. The van der Waals surface area contributed by atoms with E-state index in [1.165, 1.54) is 25.3 Å². The van der Waals surface area contributed by atoms with Gasteiger partial charge < -0.3 is 9.47 Å². The average molecular weight is 231 g/mol. The van der Waals surface area contributed by atoms with Crippen LogP contribution in [0.15, 0.2) is 18.2 Å². The zero-order chi connectivity index (χ0) is 12.2. The van der Waals surface area contributed by atoms with Crippen LogP contribution in [0.5, 0.6) is 11.5 Å². The molecule has 0 saturated heterocycles. The number of nitriles is 1. The monoisotopic (exact) mass is 231 g/mol. The van der Waals surface area contributed by atoms with Crippen LogP contribution in [-0.4, -0.2) is 13.5 Å². The lowest BCUT2D eigenvalue weighted by Crippen LogP contribution is -2.18. The van der Waals surface area contributed by atoms with Crippen LogP contribution in [0.3, 0.4) is 0 Å². The molecular formula is C10H8F3NO2. The highest BCUT2D eigenvalue weighted by molar-refractivity contribution is 5.47. The molecule has 0 aliphatic heterocycles. The van der Waals surface area contributed by atoms with Crippen molar-refractivity contribution < 1.29 is 22.6 Å². The third kappa shape index (κ3) is 3.05. The Bertz CT molecular complexity index is 410. The predicted molar refractivity (Wildman–Crippen MR) is 49.0 cm³/mol. The summed E-state index contributed by atoms with van der Waals surface area (Å²) in [5.74, 6) is -0.510. The Balaban J connectivity index is 3.15. The van der Waals surface area contributed by atoms with Crippen molar-refractivity contribution >= 4 is 0 Å². The second kappa shape index (κ2) is 4.75. The SMILES string of the molecule is COc1cccc(CC#N)c1OC(F)(F)F. The van der Waals surface area contributed by atoms with Crippen molar-refractivity contribution in [3.63, 3.8) is 0 Å². The zero-order valence-electron chi connectivity index (χ0n) is 8.34. The molecule has 0 amide bonds. The van der Waals surface area contributed by atoms with Crippen LogP contribution in [0.4, 0.5) is 13.2 Å². The summed E-state index contributed by atoms with van der Waals surface area (Å²) < 4.78 is 44.9. The molecule has 0 atom stereocenters. The smallest absolute Gasteiger partial charge is 0.493 e. The normalized spacial score (nSPS) is 10.7. The molecule has 1 aromatic rings. The van der Waals surface area contributed by atoms with Crippen molar-refractivity contribution in [2.75, 3.05) is 7.11 Å². The van der Waals surface area contributed by atoms with Gasteiger partial charge in [0.25, 0.3) is 0 Å². The molecule has 0 unspecified atom stereocenters. The van der Waals surface area contributed by atoms with Crippen LogP contribution >= 0.6 is 0 Å². The molecule has 0 N–H and O–H groups in total. The first kappa shape index (κ1) is 12.2. The molecule has 0 saturated carbocycles. The quantitative estimate of drug-likeness (QED) is 0.803. The molecule has 0 radical (unpaired) electrons. The van der Waals surface area contributed by atoms with Crippen LogP contribution in [0, 0.1) is 11.3 Å². The fourth-order valence-electron chi connectivity index (χ4n) is 1.18. The number of nitrogens with zero attached hydrogens (tertiary/aromatic N) is 1. The molecule has 0 aliphatic carbocycles. The first-order valence-electron chi connectivity index (χ1n) is 4.26. The van der Waals surface area contributed by atoms with Gasteiger partial charge in [0.05, 0.1) is 19.6 Å². The molecule has 0 bridgehead atoms. The fourth-order valence-corrected chi connectivity index (χ4v) is 1.18. The van der Waals surface area contributed by atoms with Gasteiger partial charge in [-0.1, -0.05) is 12.1 Å². The van der Waals surface area contributed by atoms with E-state index < -0.39 is 12.1 Å². The van der Waals surface area contributed by atoms with Crippen LogP contribution in [0.1, 0.15) is 5.56 Å². The van der Waals surface area contributed by atoms with Gasteiger partial charge in [-0.2, -0.15) is 5.26 Å². The summed E-state index contributed by atoms with van der Waals surface area (Å²) >= 11 is 0. The number of methoxy groups -OCH3 is 1. The van der Waals surface area contributed by atoms with Crippen molar-refractivity contribution in [1.29, 1.82) is 5.26 Å². The summed E-state index contributed by atoms with van der Waals surface area (Å²) in [5.41, 5.74) is 0.138. The third-order valence-electron chi connectivity index (χ3n) is 1.77. The Hall–Kier alpha value is -1.90. The number of para-hydroxylation sites is 1. The second-order valence-corrected chi connectivity index (χ2v) is 2.83. The van der Waals surface area contributed by atoms with E-state index in [9.17, 15) is 13.2 Å². The lowest BCUT2D eigenvalue weighted by Gasteiger charge is -2.14. The number of benzene rings is 1. The van der Waals surface area contributed by atoms with Gasteiger partial charge in [0.2, 0.25) is 0 Å². The molecule has 1 aromatic carbocycles. The lowest BCUT2D eigenvalue weighted by atomic mass is 10.1. The van der Waals surface area contributed by atoms with E-state index in [-0.39, 0.29) is 17.7 Å². The lowest BCUT2D eigenvalue weighted by molar-refractivity contribution is -0.275. The first-order chi connectivity index (χ1) is 7.48. The number of hydrogen-bond donors (Lipinski definition) is 0. The minimum atomic E-state index is -4.81. The van der Waals surface area contributed by atoms with Crippen LogP contribution in [-0.2, 0) is 6.42 Å². The molecule has 0 spiro atoms. The second-order valence-electron chi connectivity index (χ2n) is 2.83. The Morgan fingerprint density at radius 2 is 2.06 bits per heavy atom. The van der Waals surface area contributed by atoms with Gasteiger partial charge in [-0.05, 0) is 6.07 Å². The highest BCUT2D eigenvalue weighted by Crippen LogP contribution is 2.35. The third-order valence-corrected chi connectivity index (χ3v) is 1.77. The van der Waals surface area contributed by atoms with E-state index in [1.807, 2.05) is 0 Å². The summed E-state index contributed by atoms with van der Waals surface area (Å²) in [6.45, 7) is 0. The van der Waals surface area contributed by atoms with Crippen LogP contribution in [0.25, 0.3) is 0 Å². The van der Waals surface area contributed by atoms with E-state index in [0.29, 0.717) is 0 Å². The highest BCUT2D eigenvalue weighted by Gasteiger charge is 2.33. The van der Waals surface area contributed by atoms with Gasteiger partial charge in [-0.15, -0.1) is 13.2 Å². The first-order valence-corrected chi connectivity index (χ1v) is 4.26. The largest absolute Gasteiger partial charge is 0.573 e. The predicted octanol–water partition coefficient (Wildman–Crippen LogP) is 2.66. The standard InChI is InChI=1S/C10H8F3NO2/c1-15-8-4-2-3-7(5-6-14)9(8)16-10(11,12)13/h2-4H,5H2,1H3. The molecule has 0 aromatic heterocycles. The number of ether oxygens (including phenoxy) is 2. The maximum Gasteiger partial charge on any atom is 0.573 e. The van der Waals surface area contributed by atoms with Gasteiger partial charge in [0.15, 0.2) is 11.5 Å². The van der Waals surface area contributed by atoms with Crippen molar-refractivity contribution in [2.24, 2.45) is 0 Å². The average Bonchev–Trinajstić information content (AvgIpc) is 2.19. The maximum atomic E-state index is 12.1. The van der Waals surface area contributed by atoms with E-state index >= 15 is 0 Å². The molecule has 1 rings (SSSR count). The Morgan fingerprint density at radius 1 is 1.38 bits per heavy atom. The number of rotatable bonds is 3. The van der Waals surface area contributed by atoms with E-state index in [2.05, 4.69) is 4.74 Å². The molecule has 0 heterocycles. The van der Waals surface area contributed by atoms with Gasteiger partial charge in [-0.3, -0.25) is 0 Å². The van der Waals surface area contributed by atoms with Crippen LogP contribution < -0.4 is 9.47 Å². The van der Waals surface area contributed by atoms with Crippen molar-refractivity contribution in [3.8, 4) is 17.6 Å². The molecular weight excluding hydrogens is 223 g/mol. The van der Waals surface area contributed by atoms with Crippen molar-refractivity contribution in [3.05, 3.63) is 23.8 Å². The van der Waals surface area contributed by atoms with Gasteiger partial charge in [-0.25, -0.2) is 0 Å². The Morgan fingerprint density at radius 3 is 2.56 bits per heavy atom. The van der Waals surface area contributed by atoms with E-state index in [1.54, 1.807) is 6.07 Å². The van der Waals surface area contributed by atoms with Crippen molar-refractivity contribution in [2.45, 2.75) is 12.8 Å². The number of halogens is 3. The molecule has 16 heavy (non-hydrogen) atoms. The molecule has 0 aliphatic rings. The summed E-state index contributed by atoms with van der Waals surface area (Å²) in [6.07, 6.45) is -4.98. The topological polar surface area (TPSA) is 42.2 Å². The minimum absolute atomic E-state index is 0.0509. The van der Waals surface area contributed by atoms with E-state index in [4.69, 9.17) is 10.00 Å². The maximum absolute atomic E-state index is 12.1. The Labute approximate surface area is 90.0 Å². The van der Waals surface area contributed by atoms with Gasteiger partial charge in [0.1, 0.15) is 0 Å². The van der Waals surface area contributed by atoms with Gasteiger partial charge in [0, 0.05) is 5.56 Å². The highest BCUT2D eigenvalue weighted by atomic mass is 19.4. The van der Waals surface area contributed by atoms with Gasteiger partial charge >= 0.3 is 6.36 Å². The summed E-state index contributed by atoms with van der Waals surface area (Å²) in [5, 5.41) is 8.48. The summed E-state index contributed by atoms with van der Waals surface area (Å²) in [6, 6.07) is 5.97. The number of hydrogen-bond acceptors (Lipinski definition) is 3. The molecule has 86 valence electrons. The Kier molecular flexibility index (Phi) is 3.61. The minimum Gasteiger partial charge on any atom is -0.493 e. The summed E-state index contributed by atoms with van der Waals surface area (Å²) in [4.78, 5) is 0. The van der Waals surface area contributed by atoms with E-state index in [0.717, 1.165) is 0 Å².